The van der Waals surface area contributed by atoms with E-state index in [1.165, 1.54) is 167 Å². The predicted molar refractivity (Wildman–Crippen MR) is 377 cm³/mol. The fourth-order valence-corrected chi connectivity index (χ4v) is 12.7. The number of hydrogen-bond acceptors (Lipinski definition) is 15. The van der Waals surface area contributed by atoms with Crippen molar-refractivity contribution in [1.29, 1.82) is 0 Å². The number of phosphoric ester groups is 2. The minimum Gasteiger partial charge on any atom is -0.462 e. The topological polar surface area (TPSA) is 237 Å². The first-order valence-electron chi connectivity index (χ1n) is 38.3. The lowest BCUT2D eigenvalue weighted by atomic mass is 9.99. The van der Waals surface area contributed by atoms with Crippen LogP contribution in [-0.4, -0.2) is 96.7 Å². The number of carbonyl (C=O) groups is 4. The lowest BCUT2D eigenvalue weighted by molar-refractivity contribution is -0.161. The number of carbonyl (C=O) groups excluding carboxylic acids is 4. The van der Waals surface area contributed by atoms with E-state index in [-0.39, 0.29) is 25.7 Å². The van der Waals surface area contributed by atoms with Crippen molar-refractivity contribution < 1.29 is 80.2 Å². The molecule has 0 aliphatic heterocycles. The number of unbranched alkanes of at least 4 members (excludes halogenated alkanes) is 35. The summed E-state index contributed by atoms with van der Waals surface area (Å²) in [5.74, 6) is 0.951. The normalized spacial score (nSPS) is 14.8. The van der Waals surface area contributed by atoms with Gasteiger partial charge in [0.05, 0.1) is 26.4 Å². The van der Waals surface area contributed by atoms with E-state index in [0.29, 0.717) is 31.6 Å². The molecule has 0 bridgehead atoms. The third-order valence-corrected chi connectivity index (χ3v) is 19.7. The van der Waals surface area contributed by atoms with Gasteiger partial charge in [-0.15, -0.1) is 0 Å². The molecule has 0 aliphatic carbocycles. The van der Waals surface area contributed by atoms with Crippen LogP contribution in [0.3, 0.4) is 0 Å². The summed E-state index contributed by atoms with van der Waals surface area (Å²) in [6.07, 6.45) is 47.1. The molecule has 4 unspecified atom stereocenters. The molecular formula is C74H144O17P2. The summed E-state index contributed by atoms with van der Waals surface area (Å²) in [5.41, 5.74) is 0. The zero-order chi connectivity index (χ0) is 68.9. The first-order chi connectivity index (χ1) is 44.7. The third kappa shape index (κ3) is 65.8. The lowest BCUT2D eigenvalue weighted by Gasteiger charge is -2.21. The van der Waals surface area contributed by atoms with Gasteiger partial charge in [-0.2, -0.15) is 0 Å². The highest BCUT2D eigenvalue weighted by atomic mass is 31.2. The maximum absolute atomic E-state index is 13.1. The van der Waals surface area contributed by atoms with Gasteiger partial charge >= 0.3 is 39.5 Å². The Morgan fingerprint density at radius 1 is 0.301 bits per heavy atom. The Kier molecular flexibility index (Phi) is 62.2. The zero-order valence-corrected chi connectivity index (χ0v) is 62.7. The predicted octanol–water partition coefficient (Wildman–Crippen LogP) is 21.3. The Labute approximate surface area is 568 Å². The Hall–Kier alpha value is -1.94. The average molecular weight is 1370 g/mol. The van der Waals surface area contributed by atoms with Crippen LogP contribution in [0.5, 0.6) is 0 Å². The monoisotopic (exact) mass is 1370 g/mol. The van der Waals surface area contributed by atoms with Crippen molar-refractivity contribution in [2.75, 3.05) is 39.6 Å². The molecule has 0 fully saturated rings. The van der Waals surface area contributed by atoms with Crippen LogP contribution in [0, 0.1) is 23.7 Å². The molecule has 552 valence electrons. The van der Waals surface area contributed by atoms with E-state index in [4.69, 9.17) is 37.0 Å². The first-order valence-corrected chi connectivity index (χ1v) is 41.3. The molecule has 0 spiro atoms. The van der Waals surface area contributed by atoms with Crippen LogP contribution < -0.4 is 0 Å². The maximum Gasteiger partial charge on any atom is 0.472 e. The number of ether oxygens (including phenoxy) is 4. The number of aliphatic hydroxyl groups is 1. The molecular weight excluding hydrogens is 1220 g/mol. The number of hydrogen-bond donors (Lipinski definition) is 3. The van der Waals surface area contributed by atoms with Crippen LogP contribution in [-0.2, 0) is 65.4 Å². The largest absolute Gasteiger partial charge is 0.472 e. The van der Waals surface area contributed by atoms with Crippen molar-refractivity contribution in [3.63, 3.8) is 0 Å². The fraction of sp³-hybridized carbons (Fsp3) is 0.946. The summed E-state index contributed by atoms with van der Waals surface area (Å²) < 4.78 is 68.4. The van der Waals surface area contributed by atoms with Gasteiger partial charge in [-0.25, -0.2) is 9.13 Å². The minimum absolute atomic E-state index is 0.105. The summed E-state index contributed by atoms with van der Waals surface area (Å²) in [6.45, 7) is 14.2. The zero-order valence-electron chi connectivity index (χ0n) is 60.9. The van der Waals surface area contributed by atoms with Crippen molar-refractivity contribution in [3.05, 3.63) is 0 Å². The van der Waals surface area contributed by atoms with Gasteiger partial charge in [-0.05, 0) is 49.4 Å². The van der Waals surface area contributed by atoms with E-state index in [0.717, 1.165) is 114 Å². The Morgan fingerprint density at radius 3 is 0.763 bits per heavy atom. The third-order valence-electron chi connectivity index (χ3n) is 17.8. The molecule has 0 aromatic rings. The molecule has 0 amide bonds. The van der Waals surface area contributed by atoms with Crippen molar-refractivity contribution >= 4 is 39.5 Å². The molecule has 3 N–H and O–H groups in total. The number of phosphoric acid groups is 2. The van der Waals surface area contributed by atoms with Gasteiger partial charge in [0.15, 0.2) is 12.2 Å². The molecule has 0 rings (SSSR count). The van der Waals surface area contributed by atoms with E-state index in [1.807, 2.05) is 0 Å². The van der Waals surface area contributed by atoms with Crippen LogP contribution in [0.25, 0.3) is 0 Å². The number of esters is 4. The quantitative estimate of drug-likeness (QED) is 0.0222. The van der Waals surface area contributed by atoms with E-state index >= 15 is 0 Å². The van der Waals surface area contributed by atoms with E-state index < -0.39 is 97.5 Å². The van der Waals surface area contributed by atoms with Gasteiger partial charge in [0.1, 0.15) is 19.3 Å². The van der Waals surface area contributed by atoms with Crippen LogP contribution >= 0.6 is 15.6 Å². The second-order valence-electron chi connectivity index (χ2n) is 28.1. The van der Waals surface area contributed by atoms with Crippen molar-refractivity contribution in [1.82, 2.24) is 0 Å². The molecule has 93 heavy (non-hydrogen) atoms. The van der Waals surface area contributed by atoms with Crippen LogP contribution in [0.15, 0.2) is 0 Å². The van der Waals surface area contributed by atoms with Crippen LogP contribution in [0.2, 0.25) is 0 Å². The molecule has 0 aromatic carbocycles. The maximum atomic E-state index is 13.1. The van der Waals surface area contributed by atoms with Crippen LogP contribution in [0.4, 0.5) is 0 Å². The van der Waals surface area contributed by atoms with Gasteiger partial charge in [-0.1, -0.05) is 319 Å². The molecule has 0 saturated carbocycles. The van der Waals surface area contributed by atoms with Gasteiger partial charge in [0.2, 0.25) is 0 Å². The summed E-state index contributed by atoms with van der Waals surface area (Å²) in [7, 11) is -9.91. The molecule has 17 nitrogen and oxygen atoms in total. The SMILES string of the molecule is CCC(C)CCCCCCCCCCCCC(=O)O[C@H](COC(=O)CCCCCCCCCCCCCCCC(C)C)COP(=O)(O)OC[C@@H](O)COP(=O)(O)OC[C@@H](COC(=O)CCCCCCCCC(C)C)OC(=O)CCCCCCCCCCCCC(C)CC. The van der Waals surface area contributed by atoms with Crippen molar-refractivity contribution in [2.24, 2.45) is 23.7 Å². The van der Waals surface area contributed by atoms with E-state index in [1.54, 1.807) is 0 Å². The fourth-order valence-electron chi connectivity index (χ4n) is 11.1. The smallest absolute Gasteiger partial charge is 0.462 e. The minimum atomic E-state index is -4.96. The van der Waals surface area contributed by atoms with Crippen LogP contribution in [0.1, 0.15) is 370 Å². The average Bonchev–Trinajstić information content (AvgIpc) is 2.07. The molecule has 7 atom stereocenters. The first kappa shape index (κ1) is 91.1. The van der Waals surface area contributed by atoms with Gasteiger partial charge in [0, 0.05) is 25.7 Å². The number of aliphatic hydroxyl groups excluding tert-OH is 1. The highest BCUT2D eigenvalue weighted by Crippen LogP contribution is 2.45. The summed E-state index contributed by atoms with van der Waals surface area (Å²) >= 11 is 0. The van der Waals surface area contributed by atoms with Crippen molar-refractivity contribution in [3.8, 4) is 0 Å². The molecule has 0 saturated heterocycles. The standard InChI is InChI=1S/C74H144O17P2/c1-9-66(7)52-44-36-27-21-16-18-24-30-40-48-56-73(78)90-69(60-84-71(76)54-46-38-29-23-15-13-11-12-14-20-26-34-42-50-64(3)4)62-88-92(80,81)86-58-68(75)59-87-93(82,83)89-63-70(61-85-72(77)55-47-39-33-32-35-43-51-65(5)6)91-74(79)57-49-41-31-25-19-17-22-28-37-45-53-67(8)10-2/h64-70,75H,9-63H2,1-8H3,(H,80,81)(H,82,83)/t66?,67?,68-,69-,70-/m1/s1. The van der Waals surface area contributed by atoms with Gasteiger partial charge in [0.25, 0.3) is 0 Å². The Morgan fingerprint density at radius 2 is 0.516 bits per heavy atom. The highest BCUT2D eigenvalue weighted by Gasteiger charge is 2.30. The molecule has 19 heteroatoms. The Balaban J connectivity index is 5.25. The summed E-state index contributed by atoms with van der Waals surface area (Å²) in [6, 6.07) is 0. The second-order valence-corrected chi connectivity index (χ2v) is 31.0. The summed E-state index contributed by atoms with van der Waals surface area (Å²) in [5, 5.41) is 10.6. The van der Waals surface area contributed by atoms with E-state index in [9.17, 15) is 43.2 Å². The Bertz CT molecular complexity index is 1840. The summed E-state index contributed by atoms with van der Waals surface area (Å²) in [4.78, 5) is 72.7. The van der Waals surface area contributed by atoms with Gasteiger partial charge in [-0.3, -0.25) is 37.3 Å². The number of rotatable bonds is 71. The van der Waals surface area contributed by atoms with E-state index in [2.05, 4.69) is 55.4 Å². The molecule has 0 heterocycles. The second kappa shape index (κ2) is 63.5. The molecule has 0 aliphatic rings. The van der Waals surface area contributed by atoms with Gasteiger partial charge < -0.3 is 33.8 Å². The molecule has 0 radical (unpaired) electrons. The molecule has 0 aromatic heterocycles. The van der Waals surface area contributed by atoms with Crippen molar-refractivity contribution in [2.45, 2.75) is 388 Å². The highest BCUT2D eigenvalue weighted by molar-refractivity contribution is 7.47. The lowest BCUT2D eigenvalue weighted by Crippen LogP contribution is -2.30.